The third-order valence-corrected chi connectivity index (χ3v) is 4.20. The fourth-order valence-corrected chi connectivity index (χ4v) is 3.05. The van der Waals surface area contributed by atoms with Crippen molar-refractivity contribution in [3.8, 4) is 0 Å². The van der Waals surface area contributed by atoms with Crippen molar-refractivity contribution in [1.82, 2.24) is 15.5 Å². The SMILES string of the molecule is CCN(CCCN(C)CCC[NH])C1CCCCC1. The molecule has 0 spiro atoms. The molecule has 0 aromatic carbocycles. The van der Waals surface area contributed by atoms with Gasteiger partial charge in [0.2, 0.25) is 0 Å². The smallest absolute Gasteiger partial charge is 0.0112 e. The van der Waals surface area contributed by atoms with Crippen LogP contribution in [-0.4, -0.2) is 55.6 Å². The highest BCUT2D eigenvalue weighted by atomic mass is 15.2. The number of hydrogen-bond acceptors (Lipinski definition) is 2. The van der Waals surface area contributed by atoms with Crippen molar-refractivity contribution in [2.24, 2.45) is 0 Å². The second-order valence-electron chi connectivity index (χ2n) is 5.68. The van der Waals surface area contributed by atoms with E-state index in [4.69, 9.17) is 5.73 Å². The molecule has 0 bridgehead atoms. The monoisotopic (exact) mass is 254 g/mol. The maximum absolute atomic E-state index is 7.17. The molecule has 1 aliphatic carbocycles. The molecule has 3 heteroatoms. The lowest BCUT2D eigenvalue weighted by molar-refractivity contribution is 0.155. The third kappa shape index (κ3) is 6.17. The van der Waals surface area contributed by atoms with Gasteiger partial charge in [0, 0.05) is 12.6 Å². The van der Waals surface area contributed by atoms with E-state index < -0.39 is 0 Å². The van der Waals surface area contributed by atoms with E-state index in [-0.39, 0.29) is 0 Å². The molecule has 0 heterocycles. The Morgan fingerprint density at radius 3 is 2.28 bits per heavy atom. The molecule has 0 unspecified atom stereocenters. The second-order valence-corrected chi connectivity index (χ2v) is 5.68. The molecule has 107 valence electrons. The van der Waals surface area contributed by atoms with Gasteiger partial charge in [0.25, 0.3) is 0 Å². The molecule has 0 aromatic heterocycles. The van der Waals surface area contributed by atoms with Crippen LogP contribution in [0.3, 0.4) is 0 Å². The van der Waals surface area contributed by atoms with Crippen LogP contribution in [0.2, 0.25) is 0 Å². The summed E-state index contributed by atoms with van der Waals surface area (Å²) in [4.78, 5) is 5.07. The lowest BCUT2D eigenvalue weighted by Crippen LogP contribution is -2.38. The predicted octanol–water partition coefficient (Wildman–Crippen LogP) is 2.64. The van der Waals surface area contributed by atoms with E-state index in [2.05, 4.69) is 23.8 Å². The molecule has 1 N–H and O–H groups in total. The topological polar surface area (TPSA) is 30.3 Å². The molecule has 0 aromatic rings. The Kier molecular flexibility index (Phi) is 8.64. The molecule has 0 atom stereocenters. The van der Waals surface area contributed by atoms with Gasteiger partial charge >= 0.3 is 0 Å². The van der Waals surface area contributed by atoms with E-state index in [1.54, 1.807) is 0 Å². The summed E-state index contributed by atoms with van der Waals surface area (Å²) in [6, 6.07) is 0.863. The molecule has 18 heavy (non-hydrogen) atoms. The molecule has 1 saturated carbocycles. The Labute approximate surface area is 114 Å². The van der Waals surface area contributed by atoms with Gasteiger partial charge < -0.3 is 9.80 Å². The van der Waals surface area contributed by atoms with Gasteiger partial charge in [0.1, 0.15) is 0 Å². The average Bonchev–Trinajstić information content (AvgIpc) is 2.42. The van der Waals surface area contributed by atoms with Crippen LogP contribution in [0.15, 0.2) is 0 Å². The Balaban J connectivity index is 2.14. The van der Waals surface area contributed by atoms with E-state index in [0.29, 0.717) is 6.54 Å². The standard InChI is InChI=1S/C15H32N3/c1-3-18(15-9-5-4-6-10-15)14-8-13-17(2)12-7-11-16/h15-16H,3-14H2,1-2H3. The summed E-state index contributed by atoms with van der Waals surface area (Å²) >= 11 is 0. The minimum Gasteiger partial charge on any atom is -0.306 e. The van der Waals surface area contributed by atoms with Crippen molar-refractivity contribution in [1.29, 1.82) is 0 Å². The molecule has 0 aliphatic heterocycles. The molecule has 1 aliphatic rings. The predicted molar refractivity (Wildman–Crippen MR) is 78.8 cm³/mol. The highest BCUT2D eigenvalue weighted by molar-refractivity contribution is 4.75. The summed E-state index contributed by atoms with van der Waals surface area (Å²) in [5.41, 5.74) is 7.17. The summed E-state index contributed by atoms with van der Waals surface area (Å²) in [5, 5.41) is 0. The molecule has 1 radical (unpaired) electrons. The maximum atomic E-state index is 7.17. The van der Waals surface area contributed by atoms with E-state index in [1.807, 2.05) is 0 Å². The van der Waals surface area contributed by atoms with Gasteiger partial charge in [-0.25, -0.2) is 0 Å². The van der Waals surface area contributed by atoms with Crippen LogP contribution in [0.4, 0.5) is 0 Å². The summed E-state index contributed by atoms with van der Waals surface area (Å²) in [5.74, 6) is 0. The molecular formula is C15H32N3. The summed E-state index contributed by atoms with van der Waals surface area (Å²) in [6.07, 6.45) is 9.44. The summed E-state index contributed by atoms with van der Waals surface area (Å²) < 4.78 is 0. The van der Waals surface area contributed by atoms with Gasteiger partial charge in [0.05, 0.1) is 0 Å². The Morgan fingerprint density at radius 2 is 1.67 bits per heavy atom. The van der Waals surface area contributed by atoms with E-state index in [1.165, 1.54) is 58.2 Å². The highest BCUT2D eigenvalue weighted by Crippen LogP contribution is 2.22. The van der Waals surface area contributed by atoms with Crippen molar-refractivity contribution >= 4 is 0 Å². The van der Waals surface area contributed by atoms with Gasteiger partial charge in [-0.1, -0.05) is 26.2 Å². The largest absolute Gasteiger partial charge is 0.306 e. The Hall–Kier alpha value is -0.120. The zero-order valence-corrected chi connectivity index (χ0v) is 12.5. The fourth-order valence-electron chi connectivity index (χ4n) is 3.05. The van der Waals surface area contributed by atoms with Gasteiger partial charge in [-0.05, 0) is 58.9 Å². The quantitative estimate of drug-likeness (QED) is 0.633. The highest BCUT2D eigenvalue weighted by Gasteiger charge is 2.19. The van der Waals surface area contributed by atoms with Crippen molar-refractivity contribution in [2.75, 3.05) is 39.8 Å². The van der Waals surface area contributed by atoms with Gasteiger partial charge in [-0.15, -0.1) is 0 Å². The lowest BCUT2D eigenvalue weighted by Gasteiger charge is -2.33. The summed E-state index contributed by atoms with van der Waals surface area (Å²) in [6.45, 7) is 7.60. The number of nitrogens with one attached hydrogen (secondary N) is 1. The third-order valence-electron chi connectivity index (χ3n) is 4.20. The fraction of sp³-hybridized carbons (Fsp3) is 1.00. The van der Waals surface area contributed by atoms with Gasteiger partial charge in [0.15, 0.2) is 0 Å². The molecule has 1 rings (SSSR count). The van der Waals surface area contributed by atoms with E-state index >= 15 is 0 Å². The average molecular weight is 254 g/mol. The zero-order chi connectivity index (χ0) is 13.2. The lowest BCUT2D eigenvalue weighted by atomic mass is 9.94. The summed E-state index contributed by atoms with van der Waals surface area (Å²) in [7, 11) is 2.19. The molecular weight excluding hydrogens is 222 g/mol. The minimum atomic E-state index is 0.563. The van der Waals surface area contributed by atoms with Crippen LogP contribution in [-0.2, 0) is 0 Å². The molecule has 0 saturated heterocycles. The van der Waals surface area contributed by atoms with Crippen LogP contribution >= 0.6 is 0 Å². The van der Waals surface area contributed by atoms with Crippen LogP contribution < -0.4 is 5.73 Å². The van der Waals surface area contributed by atoms with E-state index in [0.717, 1.165) is 19.0 Å². The van der Waals surface area contributed by atoms with Crippen molar-refractivity contribution in [3.63, 3.8) is 0 Å². The number of nitrogens with zero attached hydrogens (tertiary/aromatic N) is 2. The first-order valence-corrected chi connectivity index (χ1v) is 7.85. The first-order chi connectivity index (χ1) is 8.77. The van der Waals surface area contributed by atoms with Crippen LogP contribution in [0, 0.1) is 0 Å². The normalized spacial score (nSPS) is 17.8. The van der Waals surface area contributed by atoms with Gasteiger partial charge in [-0.2, -0.15) is 0 Å². The molecule has 3 nitrogen and oxygen atoms in total. The molecule has 1 fully saturated rings. The van der Waals surface area contributed by atoms with Crippen molar-refractivity contribution < 1.29 is 0 Å². The zero-order valence-electron chi connectivity index (χ0n) is 12.5. The minimum absolute atomic E-state index is 0.563. The van der Waals surface area contributed by atoms with Crippen molar-refractivity contribution in [3.05, 3.63) is 0 Å². The first kappa shape index (κ1) is 15.9. The van der Waals surface area contributed by atoms with Crippen molar-refractivity contribution in [2.45, 2.75) is 57.9 Å². The van der Waals surface area contributed by atoms with Crippen LogP contribution in [0.1, 0.15) is 51.9 Å². The number of hydrogen-bond donors (Lipinski definition) is 0. The number of rotatable bonds is 9. The van der Waals surface area contributed by atoms with Gasteiger partial charge in [-0.3, -0.25) is 5.73 Å². The first-order valence-electron chi connectivity index (χ1n) is 7.85. The van der Waals surface area contributed by atoms with Crippen LogP contribution in [0.25, 0.3) is 0 Å². The Morgan fingerprint density at radius 1 is 1.00 bits per heavy atom. The van der Waals surface area contributed by atoms with Crippen LogP contribution in [0.5, 0.6) is 0 Å². The molecule has 0 amide bonds. The maximum Gasteiger partial charge on any atom is 0.0112 e. The Bertz CT molecular complexity index is 190. The van der Waals surface area contributed by atoms with E-state index in [9.17, 15) is 0 Å². The second kappa shape index (κ2) is 9.76.